The minimum absolute atomic E-state index is 0.0284. The summed E-state index contributed by atoms with van der Waals surface area (Å²) in [5.41, 5.74) is 1.02. The van der Waals surface area contributed by atoms with Gasteiger partial charge in [-0.25, -0.2) is 13.4 Å². The second kappa shape index (κ2) is 13.1. The van der Waals surface area contributed by atoms with Gasteiger partial charge in [0, 0.05) is 36.8 Å². The molecule has 2 aliphatic carbocycles. The molecule has 0 bridgehead atoms. The molecule has 2 aliphatic heterocycles. The lowest BCUT2D eigenvalue weighted by Crippen LogP contribution is -2.40. The van der Waals surface area contributed by atoms with Crippen LogP contribution in [0.2, 0.25) is 0 Å². The van der Waals surface area contributed by atoms with Crippen LogP contribution in [0.4, 0.5) is 8.78 Å². The van der Waals surface area contributed by atoms with E-state index < -0.39 is 32.6 Å². The molecule has 2 heterocycles. The van der Waals surface area contributed by atoms with E-state index in [0.29, 0.717) is 45.2 Å². The summed E-state index contributed by atoms with van der Waals surface area (Å²) in [6.07, 6.45) is 6.88. The predicted octanol–water partition coefficient (Wildman–Crippen LogP) is 4.45. The van der Waals surface area contributed by atoms with Gasteiger partial charge in [0.15, 0.2) is 6.04 Å². The first-order valence-corrected chi connectivity index (χ1v) is 18.6. The molecule has 0 aromatic carbocycles. The van der Waals surface area contributed by atoms with Crippen LogP contribution in [0.25, 0.3) is 0 Å². The number of halogens is 2. The summed E-state index contributed by atoms with van der Waals surface area (Å²) < 4.78 is 94.3. The third kappa shape index (κ3) is 8.67. The Kier molecular flexibility index (Phi) is 10.5. The third-order valence-corrected chi connectivity index (χ3v) is 12.4. The fraction of sp³-hybridized carbons (Fsp3) is 0.800. The van der Waals surface area contributed by atoms with Crippen LogP contribution in [0, 0.1) is 0 Å². The van der Waals surface area contributed by atoms with Crippen LogP contribution >= 0.6 is 23.5 Å². The van der Waals surface area contributed by atoms with Gasteiger partial charge < -0.3 is 4.90 Å². The fourth-order valence-corrected chi connectivity index (χ4v) is 10.1. The topological polar surface area (TPSA) is 115 Å². The number of hydrogen-bond donors (Lipinski definition) is 2. The highest BCUT2D eigenvalue weighted by atomic mass is 32.2. The first-order chi connectivity index (χ1) is 18.3. The molecular weight excluding hydrogens is 591 g/mol. The lowest BCUT2D eigenvalue weighted by molar-refractivity contribution is -0.562. The lowest BCUT2D eigenvalue weighted by Gasteiger charge is -2.33. The normalized spacial score (nSPS) is 33.1. The summed E-state index contributed by atoms with van der Waals surface area (Å²) in [6, 6.07) is -0.0569. The molecule has 1 saturated heterocycles. The summed E-state index contributed by atoms with van der Waals surface area (Å²) in [5, 5.41) is 2.37. The van der Waals surface area contributed by atoms with Gasteiger partial charge in [-0.3, -0.25) is 9.11 Å². The number of thioether (sulfide) groups is 2. The highest BCUT2D eigenvalue weighted by Gasteiger charge is 2.46. The van der Waals surface area contributed by atoms with E-state index in [-0.39, 0.29) is 46.9 Å². The smallest absolute Gasteiger partial charge is 0.265 e. The minimum atomic E-state index is -4.08. The van der Waals surface area contributed by atoms with Crippen molar-refractivity contribution in [3.63, 3.8) is 0 Å². The molecule has 2 saturated carbocycles. The highest BCUT2D eigenvalue weighted by Crippen LogP contribution is 2.47. The van der Waals surface area contributed by atoms with Crippen molar-refractivity contribution in [2.45, 2.75) is 99.6 Å². The number of alkyl halides is 2. The summed E-state index contributed by atoms with van der Waals surface area (Å²) in [4.78, 5) is 2.10. The van der Waals surface area contributed by atoms with E-state index in [1.165, 1.54) is 0 Å². The molecular formula is C25H39F2N2O6S4+. The van der Waals surface area contributed by atoms with Crippen LogP contribution < -0.4 is 0 Å². The van der Waals surface area contributed by atoms with Gasteiger partial charge in [0.25, 0.3) is 20.2 Å². The molecule has 6 atom stereocenters. The molecule has 222 valence electrons. The van der Waals surface area contributed by atoms with E-state index in [4.69, 9.17) is 0 Å². The van der Waals surface area contributed by atoms with Gasteiger partial charge in [0.1, 0.15) is 18.9 Å². The van der Waals surface area contributed by atoms with Gasteiger partial charge in [0.05, 0.1) is 21.8 Å². The van der Waals surface area contributed by atoms with Crippen molar-refractivity contribution >= 4 is 48.8 Å². The summed E-state index contributed by atoms with van der Waals surface area (Å²) >= 11 is 3.39. The van der Waals surface area contributed by atoms with Gasteiger partial charge in [-0.2, -0.15) is 16.8 Å². The molecule has 0 aromatic rings. The van der Waals surface area contributed by atoms with Gasteiger partial charge in [-0.1, -0.05) is 6.92 Å². The highest BCUT2D eigenvalue weighted by molar-refractivity contribution is 8.14. The zero-order chi connectivity index (χ0) is 28.4. The van der Waals surface area contributed by atoms with E-state index in [0.717, 1.165) is 28.5 Å². The van der Waals surface area contributed by atoms with E-state index in [1.54, 1.807) is 23.5 Å². The van der Waals surface area contributed by atoms with Crippen molar-refractivity contribution in [2.24, 2.45) is 0 Å². The van der Waals surface area contributed by atoms with Crippen LogP contribution in [-0.2, 0) is 20.2 Å². The summed E-state index contributed by atoms with van der Waals surface area (Å²) in [7, 11) is -8.17. The Bertz CT molecular complexity index is 1210. The van der Waals surface area contributed by atoms with Crippen LogP contribution in [0.15, 0.2) is 22.8 Å². The second-order valence-electron chi connectivity index (χ2n) is 10.8. The largest absolute Gasteiger partial charge is 0.362 e. The Hall–Kier alpha value is -0.670. The molecule has 2 N–H and O–H groups in total. The maximum Gasteiger partial charge on any atom is 0.265 e. The zero-order valence-electron chi connectivity index (χ0n) is 22.1. The molecule has 8 nitrogen and oxygen atoms in total. The molecule has 0 spiro atoms. The molecule has 0 radical (unpaired) electrons. The van der Waals surface area contributed by atoms with Crippen LogP contribution in [0.1, 0.15) is 64.7 Å². The molecule has 6 unspecified atom stereocenters. The average Bonchev–Trinajstić information content (AvgIpc) is 3.34. The number of nitrogens with zero attached hydrogens (tertiary/aromatic N) is 2. The number of hydrogen-bond acceptors (Lipinski definition) is 7. The van der Waals surface area contributed by atoms with E-state index in [2.05, 4.69) is 21.6 Å². The van der Waals surface area contributed by atoms with Gasteiger partial charge in [-0.05, 0) is 68.4 Å². The summed E-state index contributed by atoms with van der Waals surface area (Å²) in [6.45, 7) is 2.83. The Labute approximate surface area is 239 Å². The number of allylic oxidation sites excluding steroid dienone is 2. The number of rotatable bonds is 11. The predicted molar refractivity (Wildman–Crippen MR) is 153 cm³/mol. The van der Waals surface area contributed by atoms with Crippen LogP contribution in [0.5, 0.6) is 0 Å². The Morgan fingerprint density at radius 1 is 0.974 bits per heavy atom. The quantitative estimate of drug-likeness (QED) is 0.253. The summed E-state index contributed by atoms with van der Waals surface area (Å²) in [5.74, 6) is -0.695. The first-order valence-electron chi connectivity index (χ1n) is 13.7. The van der Waals surface area contributed by atoms with Crippen molar-refractivity contribution in [2.75, 3.05) is 24.6 Å². The third-order valence-electron chi connectivity index (χ3n) is 7.92. The molecule has 0 amide bonds. The van der Waals surface area contributed by atoms with Crippen molar-refractivity contribution in [3.8, 4) is 0 Å². The Balaban J connectivity index is 1.61. The maximum atomic E-state index is 14.3. The molecule has 39 heavy (non-hydrogen) atoms. The average molecular weight is 630 g/mol. The van der Waals surface area contributed by atoms with E-state index in [1.807, 2.05) is 6.92 Å². The monoisotopic (exact) mass is 629 g/mol. The number of fused-ring (bicyclic) bond motifs is 2. The van der Waals surface area contributed by atoms with E-state index >= 15 is 0 Å². The molecule has 0 aromatic heterocycles. The molecule has 4 rings (SSSR count). The molecule has 14 heteroatoms. The van der Waals surface area contributed by atoms with Crippen molar-refractivity contribution in [1.82, 2.24) is 4.90 Å². The van der Waals surface area contributed by atoms with Gasteiger partial charge >= 0.3 is 0 Å². The van der Waals surface area contributed by atoms with Crippen molar-refractivity contribution in [1.29, 1.82) is 0 Å². The molecule has 3 fully saturated rings. The fourth-order valence-electron chi connectivity index (χ4n) is 6.03. The maximum absolute atomic E-state index is 14.3. The van der Waals surface area contributed by atoms with Gasteiger partial charge in [-0.15, -0.1) is 11.8 Å². The zero-order valence-corrected chi connectivity index (χ0v) is 25.4. The van der Waals surface area contributed by atoms with Crippen molar-refractivity contribution in [3.05, 3.63) is 22.8 Å². The van der Waals surface area contributed by atoms with Crippen LogP contribution in [0.3, 0.4) is 0 Å². The minimum Gasteiger partial charge on any atom is -0.362 e. The lowest BCUT2D eigenvalue weighted by atomic mass is 9.92. The van der Waals surface area contributed by atoms with Crippen LogP contribution in [-0.4, -0.2) is 100.0 Å². The second-order valence-corrected chi connectivity index (χ2v) is 16.5. The Morgan fingerprint density at radius 3 is 2.28 bits per heavy atom. The van der Waals surface area contributed by atoms with Crippen molar-refractivity contribution < 1.29 is 39.3 Å². The standard InChI is InChI=1S/C25H38F2N2O6S4/c1-2-17(13-24-28(9-3-11-38(30,31)32)20-15-18(26)5-7-22(20)36-24)14-25-29(10-4-12-39(33,34)35)21-16-19(27)6-8-23(21)37-25/h13-14,18-23H,2-12,15-16H2,1H3,(H-,30,31,32,33,34,35)/p+1. The molecule has 4 aliphatic rings. The van der Waals surface area contributed by atoms with E-state index in [9.17, 15) is 34.7 Å². The van der Waals surface area contributed by atoms with Gasteiger partial charge in [0.2, 0.25) is 5.04 Å². The SMILES string of the molecule is CCC(/C=C1\SC2CCC(F)CC2N1CCCS(=O)(=O)O)=C\C1=[N+](CCCS(=O)(=O)O)C2CC(F)CCC2S1. The Morgan fingerprint density at radius 2 is 1.62 bits per heavy atom. The first kappa shape index (κ1) is 31.3.